The topological polar surface area (TPSA) is 29.1 Å². The average molecular weight is 306 g/mol. The van der Waals surface area contributed by atoms with Crippen LogP contribution in [0.5, 0.6) is 0 Å². The molecule has 1 aliphatic carbocycles. The average Bonchev–Trinajstić information content (AvgIpc) is 2.80. The van der Waals surface area contributed by atoms with Gasteiger partial charge in [0.1, 0.15) is 0 Å². The second kappa shape index (κ2) is 5.58. The fourth-order valence-corrected chi connectivity index (χ4v) is 3.91. The van der Waals surface area contributed by atoms with E-state index in [1.807, 2.05) is 0 Å². The molecule has 1 aromatic heterocycles. The van der Waals surface area contributed by atoms with Gasteiger partial charge in [-0.2, -0.15) is 0 Å². The molecule has 0 aliphatic heterocycles. The maximum atomic E-state index is 12.2. The van der Waals surface area contributed by atoms with Gasteiger partial charge in [0.2, 0.25) is 0 Å². The summed E-state index contributed by atoms with van der Waals surface area (Å²) in [4.78, 5) is 13.6. The van der Waals surface area contributed by atoms with E-state index in [2.05, 4.69) is 18.3 Å². The molecule has 1 heterocycles. The lowest BCUT2D eigenvalue weighted by molar-refractivity contribution is 0.102. The molecule has 0 spiro atoms. The van der Waals surface area contributed by atoms with E-state index in [1.165, 1.54) is 16.9 Å². The van der Waals surface area contributed by atoms with E-state index in [4.69, 9.17) is 11.6 Å². The van der Waals surface area contributed by atoms with Gasteiger partial charge in [0.25, 0.3) is 5.91 Å². The van der Waals surface area contributed by atoms with E-state index in [-0.39, 0.29) is 5.91 Å². The van der Waals surface area contributed by atoms with E-state index >= 15 is 0 Å². The lowest BCUT2D eigenvalue weighted by atomic mass is 9.91. The molecule has 1 aliphatic rings. The van der Waals surface area contributed by atoms with Crippen molar-refractivity contribution in [3.63, 3.8) is 0 Å². The zero-order chi connectivity index (χ0) is 14.1. The Morgan fingerprint density at radius 1 is 1.35 bits per heavy atom. The smallest absolute Gasteiger partial charge is 0.256 e. The molecule has 0 bridgehead atoms. The van der Waals surface area contributed by atoms with Gasteiger partial charge in [-0.3, -0.25) is 4.79 Å². The Kier molecular flexibility index (Phi) is 3.81. The first-order valence-corrected chi connectivity index (χ1v) is 8.00. The zero-order valence-corrected chi connectivity index (χ0v) is 12.9. The van der Waals surface area contributed by atoms with Crippen molar-refractivity contribution in [3.8, 4) is 0 Å². The zero-order valence-electron chi connectivity index (χ0n) is 11.3. The standard InChI is InChI=1S/C16H16ClNOS/c1-10-2-3-12-9-15(20-14(12)8-10)18-16(19)11-4-6-13(17)7-5-11/h4-7,9-10H,2-3,8H2,1H3,(H,18,19). The van der Waals surface area contributed by atoms with Crippen LogP contribution < -0.4 is 5.32 Å². The van der Waals surface area contributed by atoms with Crippen molar-refractivity contribution in [3.05, 3.63) is 51.4 Å². The highest BCUT2D eigenvalue weighted by Crippen LogP contribution is 2.35. The van der Waals surface area contributed by atoms with Crippen LogP contribution in [-0.2, 0) is 12.8 Å². The second-order valence-electron chi connectivity index (χ2n) is 5.37. The number of nitrogens with one attached hydrogen (secondary N) is 1. The molecule has 3 rings (SSSR count). The first-order chi connectivity index (χ1) is 9.61. The van der Waals surface area contributed by atoms with Crippen LogP contribution in [0.1, 0.15) is 34.1 Å². The molecule has 4 heteroatoms. The highest BCUT2D eigenvalue weighted by molar-refractivity contribution is 7.16. The Bertz CT molecular complexity index is 632. The number of benzene rings is 1. The number of hydrogen-bond acceptors (Lipinski definition) is 2. The van der Waals surface area contributed by atoms with Gasteiger partial charge in [0, 0.05) is 15.5 Å². The Morgan fingerprint density at radius 2 is 2.10 bits per heavy atom. The number of rotatable bonds is 2. The van der Waals surface area contributed by atoms with Crippen molar-refractivity contribution in [2.75, 3.05) is 5.32 Å². The molecule has 1 aromatic carbocycles. The van der Waals surface area contributed by atoms with Gasteiger partial charge in [-0.1, -0.05) is 18.5 Å². The van der Waals surface area contributed by atoms with Crippen LogP contribution in [0, 0.1) is 5.92 Å². The van der Waals surface area contributed by atoms with Crippen LogP contribution in [0.4, 0.5) is 5.00 Å². The highest BCUT2D eigenvalue weighted by atomic mass is 35.5. The molecule has 1 amide bonds. The predicted molar refractivity (Wildman–Crippen MR) is 84.9 cm³/mol. The van der Waals surface area contributed by atoms with Crippen molar-refractivity contribution in [1.82, 2.24) is 0 Å². The number of thiophene rings is 1. The minimum absolute atomic E-state index is 0.0756. The third kappa shape index (κ3) is 2.89. The fraction of sp³-hybridized carbons (Fsp3) is 0.312. The first-order valence-electron chi connectivity index (χ1n) is 6.80. The van der Waals surface area contributed by atoms with Gasteiger partial charge in [-0.15, -0.1) is 11.3 Å². The molecule has 2 aromatic rings. The van der Waals surface area contributed by atoms with E-state index in [0.717, 1.165) is 23.8 Å². The van der Waals surface area contributed by atoms with Crippen molar-refractivity contribution in [1.29, 1.82) is 0 Å². The van der Waals surface area contributed by atoms with Gasteiger partial charge >= 0.3 is 0 Å². The maximum absolute atomic E-state index is 12.2. The minimum Gasteiger partial charge on any atom is -0.314 e. The van der Waals surface area contributed by atoms with Gasteiger partial charge < -0.3 is 5.32 Å². The quantitative estimate of drug-likeness (QED) is 0.850. The molecule has 1 atom stereocenters. The van der Waals surface area contributed by atoms with E-state index in [9.17, 15) is 4.79 Å². The van der Waals surface area contributed by atoms with Crippen LogP contribution in [0.25, 0.3) is 0 Å². The highest BCUT2D eigenvalue weighted by Gasteiger charge is 2.19. The van der Waals surface area contributed by atoms with Gasteiger partial charge in [0.15, 0.2) is 0 Å². The van der Waals surface area contributed by atoms with Crippen LogP contribution >= 0.6 is 22.9 Å². The summed E-state index contributed by atoms with van der Waals surface area (Å²) in [5, 5.41) is 4.58. The molecule has 2 nitrogen and oxygen atoms in total. The molecule has 0 saturated heterocycles. The molecule has 104 valence electrons. The predicted octanol–water partition coefficient (Wildman–Crippen LogP) is 4.78. The van der Waals surface area contributed by atoms with Crippen molar-refractivity contribution in [2.45, 2.75) is 26.2 Å². The number of carbonyl (C=O) groups excluding carboxylic acids is 1. The number of hydrogen-bond donors (Lipinski definition) is 1. The Morgan fingerprint density at radius 3 is 2.85 bits per heavy atom. The summed E-state index contributed by atoms with van der Waals surface area (Å²) in [5.41, 5.74) is 2.04. The van der Waals surface area contributed by atoms with Crippen molar-refractivity contribution >= 4 is 33.8 Å². The lowest BCUT2D eigenvalue weighted by Gasteiger charge is -2.16. The van der Waals surface area contributed by atoms with Gasteiger partial charge in [-0.25, -0.2) is 0 Å². The minimum atomic E-state index is -0.0756. The summed E-state index contributed by atoms with van der Waals surface area (Å²) in [7, 11) is 0. The number of fused-ring (bicyclic) bond motifs is 1. The summed E-state index contributed by atoms with van der Waals surface area (Å²) in [6, 6.07) is 9.08. The van der Waals surface area contributed by atoms with E-state index in [0.29, 0.717) is 10.6 Å². The summed E-state index contributed by atoms with van der Waals surface area (Å²) in [6.07, 6.45) is 3.51. The van der Waals surface area contributed by atoms with E-state index in [1.54, 1.807) is 35.6 Å². The molecule has 0 fully saturated rings. The van der Waals surface area contributed by atoms with Crippen molar-refractivity contribution in [2.24, 2.45) is 5.92 Å². The molecule has 20 heavy (non-hydrogen) atoms. The number of halogens is 1. The van der Waals surface area contributed by atoms with Gasteiger partial charge in [0.05, 0.1) is 5.00 Å². The Labute approximate surface area is 127 Å². The maximum Gasteiger partial charge on any atom is 0.256 e. The molecular formula is C16H16ClNOS. The lowest BCUT2D eigenvalue weighted by Crippen LogP contribution is -2.10. The van der Waals surface area contributed by atoms with Crippen LogP contribution in [0.15, 0.2) is 30.3 Å². The van der Waals surface area contributed by atoms with Crippen LogP contribution in [-0.4, -0.2) is 5.91 Å². The summed E-state index contributed by atoms with van der Waals surface area (Å²) in [5.74, 6) is 0.675. The Hall–Kier alpha value is -1.32. The molecule has 1 unspecified atom stereocenters. The largest absolute Gasteiger partial charge is 0.314 e. The van der Waals surface area contributed by atoms with Crippen LogP contribution in [0.2, 0.25) is 5.02 Å². The number of aryl methyl sites for hydroxylation is 1. The van der Waals surface area contributed by atoms with Crippen LogP contribution in [0.3, 0.4) is 0 Å². The summed E-state index contributed by atoms with van der Waals surface area (Å²) < 4.78 is 0. The molecular weight excluding hydrogens is 290 g/mol. The fourth-order valence-electron chi connectivity index (χ4n) is 2.52. The monoisotopic (exact) mass is 305 g/mol. The first kappa shape index (κ1) is 13.7. The van der Waals surface area contributed by atoms with E-state index < -0.39 is 0 Å². The third-order valence-corrected chi connectivity index (χ3v) is 5.05. The van der Waals surface area contributed by atoms with Crippen molar-refractivity contribution < 1.29 is 4.79 Å². The summed E-state index contributed by atoms with van der Waals surface area (Å²) in [6.45, 7) is 2.29. The molecule has 1 N–H and O–H groups in total. The SMILES string of the molecule is CC1CCc2cc(NC(=O)c3ccc(Cl)cc3)sc2C1. The van der Waals surface area contributed by atoms with Gasteiger partial charge in [-0.05, 0) is 61.1 Å². The number of amides is 1. The normalized spacial score (nSPS) is 17.6. The molecule has 0 saturated carbocycles. The summed E-state index contributed by atoms with van der Waals surface area (Å²) >= 11 is 7.54. The number of anilines is 1. The molecule has 0 radical (unpaired) electrons. The third-order valence-electron chi connectivity index (χ3n) is 3.68. The second-order valence-corrected chi connectivity index (χ2v) is 6.94. The number of carbonyl (C=O) groups is 1. The Balaban J connectivity index is 1.75.